The first kappa shape index (κ1) is 18.6. The summed E-state index contributed by atoms with van der Waals surface area (Å²) in [7, 11) is 1.88. The van der Waals surface area contributed by atoms with Crippen molar-refractivity contribution in [1.82, 2.24) is 25.2 Å². The largest absolute Gasteiger partial charge is 0.332 e. The van der Waals surface area contributed by atoms with Crippen molar-refractivity contribution >= 4 is 28.3 Å². The first-order valence-corrected chi connectivity index (χ1v) is 7.87. The van der Waals surface area contributed by atoms with Crippen LogP contribution in [0.25, 0.3) is 17.3 Å². The maximum atomic E-state index is 13.0. The van der Waals surface area contributed by atoms with Crippen LogP contribution in [0.15, 0.2) is 39.5 Å². The summed E-state index contributed by atoms with van der Waals surface area (Å²) in [6.07, 6.45) is 2.43. The predicted molar refractivity (Wildman–Crippen MR) is 94.0 cm³/mol. The highest BCUT2D eigenvalue weighted by molar-refractivity contribution is 9.10. The molecule has 0 aliphatic heterocycles. The highest BCUT2D eigenvalue weighted by Crippen LogP contribution is 2.26. The van der Waals surface area contributed by atoms with Crippen LogP contribution in [0.4, 0.5) is 4.39 Å². The third-order valence-corrected chi connectivity index (χ3v) is 3.99. The third kappa shape index (κ3) is 4.00. The molecule has 1 atom stereocenters. The Labute approximate surface area is 153 Å². The zero-order valence-corrected chi connectivity index (χ0v) is 15.4. The van der Waals surface area contributed by atoms with Crippen LogP contribution >= 0.6 is 28.3 Å². The van der Waals surface area contributed by atoms with Gasteiger partial charge in [-0.3, -0.25) is 0 Å². The number of aromatic nitrogens is 4. The van der Waals surface area contributed by atoms with Gasteiger partial charge in [0, 0.05) is 18.7 Å². The molecule has 0 aliphatic rings. The molecule has 0 spiro atoms. The molecule has 1 unspecified atom stereocenters. The van der Waals surface area contributed by atoms with E-state index in [-0.39, 0.29) is 24.3 Å². The van der Waals surface area contributed by atoms with Gasteiger partial charge in [-0.1, -0.05) is 5.16 Å². The first-order valence-electron chi connectivity index (χ1n) is 7.08. The zero-order valence-electron chi connectivity index (χ0n) is 13.0. The maximum absolute atomic E-state index is 13.0. The molecule has 0 fully saturated rings. The molecule has 0 aliphatic carbocycles. The second-order valence-corrected chi connectivity index (χ2v) is 6.01. The molecule has 0 saturated carbocycles. The van der Waals surface area contributed by atoms with Gasteiger partial charge in [0.15, 0.2) is 11.5 Å². The molecule has 0 saturated heterocycles. The lowest BCUT2D eigenvalue weighted by Gasteiger charge is -2.04. The number of benzene rings is 1. The molecule has 2 heterocycles. The molecule has 6 nitrogen and oxygen atoms in total. The fraction of sp³-hybridized carbons (Fsp3) is 0.267. The van der Waals surface area contributed by atoms with E-state index in [9.17, 15) is 4.39 Å². The number of halogens is 3. The number of hydrogen-bond acceptors (Lipinski definition) is 5. The van der Waals surface area contributed by atoms with E-state index in [0.717, 1.165) is 10.2 Å². The van der Waals surface area contributed by atoms with Crippen LogP contribution in [0, 0.1) is 5.82 Å². The van der Waals surface area contributed by atoms with E-state index < -0.39 is 0 Å². The Bertz CT molecular complexity index is 805. The number of rotatable bonds is 5. The Kier molecular flexibility index (Phi) is 6.09. The van der Waals surface area contributed by atoms with Gasteiger partial charge in [-0.2, -0.15) is 10.1 Å². The summed E-state index contributed by atoms with van der Waals surface area (Å²) in [5.41, 5.74) is 1.28. The maximum Gasteiger partial charge on any atom is 0.279 e. The Hall–Kier alpha value is -1.77. The lowest BCUT2D eigenvalue weighted by atomic mass is 10.2. The molecule has 1 N–H and O–H groups in total. The van der Waals surface area contributed by atoms with Gasteiger partial charge in [-0.15, -0.1) is 12.4 Å². The minimum absolute atomic E-state index is 0. The van der Waals surface area contributed by atoms with Gasteiger partial charge in [0.2, 0.25) is 0 Å². The lowest BCUT2D eigenvalue weighted by Crippen LogP contribution is -2.24. The van der Waals surface area contributed by atoms with Crippen molar-refractivity contribution in [3.63, 3.8) is 0 Å². The van der Waals surface area contributed by atoms with Crippen LogP contribution in [0.5, 0.6) is 0 Å². The fourth-order valence-corrected chi connectivity index (χ4v) is 2.48. The van der Waals surface area contributed by atoms with E-state index in [0.29, 0.717) is 23.8 Å². The van der Waals surface area contributed by atoms with Crippen LogP contribution in [0.2, 0.25) is 0 Å². The molecule has 3 aromatic rings. The van der Waals surface area contributed by atoms with E-state index in [1.54, 1.807) is 23.0 Å². The van der Waals surface area contributed by atoms with Gasteiger partial charge < -0.3 is 9.84 Å². The quantitative estimate of drug-likeness (QED) is 0.690. The highest BCUT2D eigenvalue weighted by atomic mass is 79.9. The SMILES string of the molecule is CNC(C)Cc1noc(-c2nn(-c3ccc(F)cc3)cc2Br)n1.Cl. The molecule has 9 heteroatoms. The van der Waals surface area contributed by atoms with Gasteiger partial charge in [0.25, 0.3) is 5.89 Å². The summed E-state index contributed by atoms with van der Waals surface area (Å²) in [4.78, 5) is 4.37. The molecular formula is C15H16BrClFN5O. The van der Waals surface area contributed by atoms with Gasteiger partial charge in [-0.05, 0) is 54.2 Å². The van der Waals surface area contributed by atoms with Gasteiger partial charge >= 0.3 is 0 Å². The molecular weight excluding hydrogens is 401 g/mol. The number of likely N-dealkylation sites (N-methyl/N-ethyl adjacent to an activating group) is 1. The summed E-state index contributed by atoms with van der Waals surface area (Å²) < 4.78 is 20.6. The van der Waals surface area contributed by atoms with E-state index in [4.69, 9.17) is 4.52 Å². The van der Waals surface area contributed by atoms with Crippen molar-refractivity contribution in [1.29, 1.82) is 0 Å². The smallest absolute Gasteiger partial charge is 0.279 e. The Morgan fingerprint density at radius 3 is 2.71 bits per heavy atom. The Balaban J connectivity index is 0.00000208. The molecule has 3 rings (SSSR count). The normalized spacial score (nSPS) is 12.0. The monoisotopic (exact) mass is 415 g/mol. The molecule has 0 bridgehead atoms. The van der Waals surface area contributed by atoms with Gasteiger partial charge in [0.05, 0.1) is 10.2 Å². The van der Waals surface area contributed by atoms with Crippen LogP contribution in [0.3, 0.4) is 0 Å². The second-order valence-electron chi connectivity index (χ2n) is 5.16. The summed E-state index contributed by atoms with van der Waals surface area (Å²) in [6.45, 7) is 2.04. The minimum Gasteiger partial charge on any atom is -0.332 e. The summed E-state index contributed by atoms with van der Waals surface area (Å²) in [5, 5.41) is 11.5. The molecule has 128 valence electrons. The van der Waals surface area contributed by atoms with Crippen LogP contribution in [-0.4, -0.2) is 33.0 Å². The van der Waals surface area contributed by atoms with Crippen molar-refractivity contribution < 1.29 is 8.91 Å². The van der Waals surface area contributed by atoms with Gasteiger partial charge in [0.1, 0.15) is 5.82 Å². The standard InChI is InChI=1S/C15H15BrFN5O.ClH/c1-9(18-2)7-13-19-15(23-21-13)14-12(16)8-22(20-14)11-5-3-10(17)4-6-11;/h3-6,8-9,18H,7H2,1-2H3;1H. The Morgan fingerprint density at radius 1 is 1.33 bits per heavy atom. The topological polar surface area (TPSA) is 68.8 Å². The average molecular weight is 417 g/mol. The van der Waals surface area contributed by atoms with E-state index in [2.05, 4.69) is 36.5 Å². The number of nitrogens with one attached hydrogen (secondary N) is 1. The van der Waals surface area contributed by atoms with Crippen LogP contribution in [-0.2, 0) is 6.42 Å². The van der Waals surface area contributed by atoms with Crippen molar-refractivity contribution in [2.45, 2.75) is 19.4 Å². The van der Waals surface area contributed by atoms with Crippen LogP contribution in [0.1, 0.15) is 12.7 Å². The summed E-state index contributed by atoms with van der Waals surface area (Å²) in [6, 6.07) is 6.31. The third-order valence-electron chi connectivity index (χ3n) is 3.41. The molecule has 2 aromatic heterocycles. The lowest BCUT2D eigenvalue weighted by molar-refractivity contribution is 0.416. The number of nitrogens with zero attached hydrogens (tertiary/aromatic N) is 4. The van der Waals surface area contributed by atoms with Crippen LogP contribution < -0.4 is 5.32 Å². The highest BCUT2D eigenvalue weighted by Gasteiger charge is 2.17. The van der Waals surface area contributed by atoms with Gasteiger partial charge in [-0.25, -0.2) is 9.07 Å². The van der Waals surface area contributed by atoms with Crippen molar-refractivity contribution in [2.75, 3.05) is 7.05 Å². The molecule has 24 heavy (non-hydrogen) atoms. The molecule has 0 radical (unpaired) electrons. The first-order chi connectivity index (χ1) is 11.1. The fourth-order valence-electron chi connectivity index (χ4n) is 2.03. The number of hydrogen-bond donors (Lipinski definition) is 1. The summed E-state index contributed by atoms with van der Waals surface area (Å²) >= 11 is 3.44. The summed E-state index contributed by atoms with van der Waals surface area (Å²) in [5.74, 6) is 0.668. The molecule has 1 aromatic carbocycles. The van der Waals surface area contributed by atoms with E-state index in [1.165, 1.54) is 12.1 Å². The Morgan fingerprint density at radius 2 is 2.04 bits per heavy atom. The average Bonchev–Trinajstić information content (AvgIpc) is 3.14. The van der Waals surface area contributed by atoms with E-state index >= 15 is 0 Å². The minimum atomic E-state index is -0.291. The second kappa shape index (κ2) is 7.87. The molecule has 0 amide bonds. The van der Waals surface area contributed by atoms with Crippen molar-refractivity contribution in [3.05, 3.63) is 46.6 Å². The van der Waals surface area contributed by atoms with Crippen molar-refractivity contribution in [2.24, 2.45) is 0 Å². The predicted octanol–water partition coefficient (Wildman–Crippen LogP) is 3.40. The van der Waals surface area contributed by atoms with E-state index in [1.807, 2.05) is 14.0 Å². The zero-order chi connectivity index (χ0) is 16.4. The van der Waals surface area contributed by atoms with Crippen molar-refractivity contribution in [3.8, 4) is 17.3 Å².